The van der Waals surface area contributed by atoms with Crippen LogP contribution in [0.4, 0.5) is 5.69 Å². The molecule has 1 aliphatic rings. The van der Waals surface area contributed by atoms with Crippen LogP contribution in [0.3, 0.4) is 0 Å². The molecule has 22 heavy (non-hydrogen) atoms. The number of carboxylic acids is 1. The van der Waals surface area contributed by atoms with E-state index in [1.54, 1.807) is 12.3 Å². The Morgan fingerprint density at radius 3 is 2.82 bits per heavy atom. The zero-order valence-corrected chi connectivity index (χ0v) is 13.1. The third-order valence-electron chi connectivity index (χ3n) is 4.03. The summed E-state index contributed by atoms with van der Waals surface area (Å²) in [6.45, 7) is 0.377. The van der Waals surface area contributed by atoms with Crippen LogP contribution in [0.1, 0.15) is 23.2 Å². The second-order valence-corrected chi connectivity index (χ2v) is 5.62. The van der Waals surface area contributed by atoms with E-state index in [1.165, 1.54) is 18.2 Å². The molecular formula is C15H21N3O4. The molecule has 7 nitrogen and oxygen atoms in total. The van der Waals surface area contributed by atoms with Crippen LogP contribution in [0.2, 0.25) is 0 Å². The summed E-state index contributed by atoms with van der Waals surface area (Å²) in [5.74, 6) is -1.36. The second kappa shape index (κ2) is 6.31. The zero-order valence-electron chi connectivity index (χ0n) is 13.1. The highest BCUT2D eigenvalue weighted by molar-refractivity contribution is 6.02. The molecule has 1 aliphatic heterocycles. The molecule has 0 radical (unpaired) electrons. The predicted octanol–water partition coefficient (Wildman–Crippen LogP) is 0.853. The molecule has 1 aromatic rings. The van der Waals surface area contributed by atoms with Gasteiger partial charge >= 0.3 is 5.97 Å². The molecule has 0 aliphatic carbocycles. The van der Waals surface area contributed by atoms with Crippen molar-refractivity contribution in [1.29, 1.82) is 0 Å². The van der Waals surface area contributed by atoms with Crippen molar-refractivity contribution in [2.24, 2.45) is 0 Å². The van der Waals surface area contributed by atoms with Crippen LogP contribution in [0.25, 0.3) is 0 Å². The Morgan fingerprint density at radius 1 is 1.50 bits per heavy atom. The summed E-state index contributed by atoms with van der Waals surface area (Å²) in [6, 6.07) is 1.74. The number of aliphatic carboxylic acids is 1. The summed E-state index contributed by atoms with van der Waals surface area (Å²) >= 11 is 0. The Hall–Kier alpha value is -2.15. The number of carbonyl (C=O) groups is 2. The molecule has 0 saturated carbocycles. The molecule has 1 aromatic heterocycles. The number of hydrogen-bond donors (Lipinski definition) is 1. The number of carboxylic acid groups (broad SMARTS) is 1. The molecule has 2 heterocycles. The summed E-state index contributed by atoms with van der Waals surface area (Å²) in [5, 5.41) is 9.64. The lowest BCUT2D eigenvalue weighted by atomic mass is 9.96. The quantitative estimate of drug-likeness (QED) is 0.868. The zero-order chi connectivity index (χ0) is 16.3. The third kappa shape index (κ3) is 2.64. The first-order chi connectivity index (χ1) is 10.4. The first kappa shape index (κ1) is 16.2. The molecule has 1 atom stereocenters. The number of pyridine rings is 1. The van der Waals surface area contributed by atoms with Gasteiger partial charge in [-0.15, -0.1) is 0 Å². The van der Waals surface area contributed by atoms with E-state index in [0.717, 1.165) is 0 Å². The van der Waals surface area contributed by atoms with E-state index < -0.39 is 11.5 Å². The number of aromatic nitrogens is 1. The van der Waals surface area contributed by atoms with Crippen molar-refractivity contribution in [1.82, 2.24) is 9.88 Å². The lowest BCUT2D eigenvalue weighted by Crippen LogP contribution is -2.56. The van der Waals surface area contributed by atoms with E-state index in [1.807, 2.05) is 19.0 Å². The highest BCUT2D eigenvalue weighted by Crippen LogP contribution is 2.33. The average molecular weight is 307 g/mol. The van der Waals surface area contributed by atoms with Crippen LogP contribution in [0.15, 0.2) is 18.5 Å². The van der Waals surface area contributed by atoms with Crippen LogP contribution >= 0.6 is 0 Å². The molecule has 0 aromatic carbocycles. The molecule has 1 N–H and O–H groups in total. The summed E-state index contributed by atoms with van der Waals surface area (Å²) in [5.41, 5.74) is -0.189. The van der Waals surface area contributed by atoms with Gasteiger partial charge in [0.25, 0.3) is 5.91 Å². The monoisotopic (exact) mass is 307 g/mol. The number of anilines is 1. The van der Waals surface area contributed by atoms with E-state index >= 15 is 0 Å². The smallest absolute Gasteiger partial charge is 0.332 e. The molecule has 1 fully saturated rings. The number of carbonyl (C=O) groups excluding carboxylic acids is 1. The number of nitrogens with zero attached hydrogens (tertiary/aromatic N) is 3. The van der Waals surface area contributed by atoms with E-state index in [-0.39, 0.29) is 12.5 Å². The van der Waals surface area contributed by atoms with Crippen LogP contribution in [0.5, 0.6) is 0 Å². The van der Waals surface area contributed by atoms with Gasteiger partial charge < -0.3 is 19.6 Å². The molecular weight excluding hydrogens is 286 g/mol. The van der Waals surface area contributed by atoms with Gasteiger partial charge in [0.2, 0.25) is 0 Å². The standard InChI is InChI=1S/C15H21N3O4/c1-17(2)12-5-7-16-9-11(12)13(19)18-8-4-6-15(18,10-22-3)14(20)21/h5,7,9H,4,6,8,10H2,1-3H3,(H,20,21). The summed E-state index contributed by atoms with van der Waals surface area (Å²) in [6.07, 6.45) is 4.11. The Labute approximate surface area is 129 Å². The number of rotatable bonds is 5. The van der Waals surface area contributed by atoms with Gasteiger partial charge in [-0.25, -0.2) is 4.79 Å². The summed E-state index contributed by atoms with van der Waals surface area (Å²) in [4.78, 5) is 31.9. The minimum Gasteiger partial charge on any atom is -0.479 e. The number of methoxy groups -OCH3 is 1. The highest BCUT2D eigenvalue weighted by Gasteiger charge is 2.50. The van der Waals surface area contributed by atoms with Crippen molar-refractivity contribution in [3.8, 4) is 0 Å². The number of ether oxygens (including phenoxy) is 1. The third-order valence-corrected chi connectivity index (χ3v) is 4.03. The second-order valence-electron chi connectivity index (χ2n) is 5.62. The van der Waals surface area contributed by atoms with Crippen molar-refractivity contribution < 1.29 is 19.4 Å². The first-order valence-corrected chi connectivity index (χ1v) is 7.09. The van der Waals surface area contributed by atoms with Gasteiger partial charge in [-0.1, -0.05) is 0 Å². The van der Waals surface area contributed by atoms with Crippen molar-refractivity contribution >= 4 is 17.6 Å². The van der Waals surface area contributed by atoms with Gasteiger partial charge in [0.15, 0.2) is 5.54 Å². The topological polar surface area (TPSA) is 83.0 Å². The maximum Gasteiger partial charge on any atom is 0.332 e. The summed E-state index contributed by atoms with van der Waals surface area (Å²) in [7, 11) is 5.10. The van der Waals surface area contributed by atoms with Gasteiger partial charge in [0.1, 0.15) is 0 Å². The van der Waals surface area contributed by atoms with Gasteiger partial charge in [0, 0.05) is 40.1 Å². The van der Waals surface area contributed by atoms with Gasteiger partial charge in [-0.2, -0.15) is 0 Å². The number of likely N-dealkylation sites (tertiary alicyclic amines) is 1. The Bertz CT molecular complexity index is 576. The van der Waals surface area contributed by atoms with Crippen molar-refractivity contribution in [2.75, 3.05) is 39.3 Å². The van der Waals surface area contributed by atoms with Crippen LogP contribution in [0, 0.1) is 0 Å². The Balaban J connectivity index is 2.42. The fraction of sp³-hybridized carbons (Fsp3) is 0.533. The molecule has 120 valence electrons. The highest BCUT2D eigenvalue weighted by atomic mass is 16.5. The van der Waals surface area contributed by atoms with Crippen LogP contribution < -0.4 is 4.90 Å². The maximum atomic E-state index is 12.9. The Kier molecular flexibility index (Phi) is 4.65. The fourth-order valence-electron chi connectivity index (χ4n) is 2.93. The fourth-order valence-corrected chi connectivity index (χ4v) is 2.93. The molecule has 1 amide bonds. The number of hydrogen-bond acceptors (Lipinski definition) is 5. The Morgan fingerprint density at radius 2 is 2.23 bits per heavy atom. The minimum atomic E-state index is -1.30. The van der Waals surface area contributed by atoms with Crippen molar-refractivity contribution in [3.63, 3.8) is 0 Å². The molecule has 7 heteroatoms. The summed E-state index contributed by atoms with van der Waals surface area (Å²) < 4.78 is 5.08. The molecule has 0 spiro atoms. The average Bonchev–Trinajstić information content (AvgIpc) is 2.92. The van der Waals surface area contributed by atoms with Crippen molar-refractivity contribution in [3.05, 3.63) is 24.0 Å². The predicted molar refractivity (Wildman–Crippen MR) is 81.1 cm³/mol. The van der Waals surface area contributed by atoms with E-state index in [2.05, 4.69) is 4.98 Å². The lowest BCUT2D eigenvalue weighted by molar-refractivity contribution is -0.151. The van der Waals surface area contributed by atoms with Gasteiger partial charge in [0.05, 0.1) is 17.9 Å². The molecule has 0 bridgehead atoms. The van der Waals surface area contributed by atoms with Crippen LogP contribution in [-0.4, -0.2) is 66.8 Å². The lowest BCUT2D eigenvalue weighted by Gasteiger charge is -2.34. The van der Waals surface area contributed by atoms with E-state index in [4.69, 9.17) is 4.74 Å². The molecule has 1 unspecified atom stereocenters. The molecule has 2 rings (SSSR count). The molecule has 1 saturated heterocycles. The largest absolute Gasteiger partial charge is 0.479 e. The number of amides is 1. The minimum absolute atomic E-state index is 0.0222. The normalized spacial score (nSPS) is 21.0. The van der Waals surface area contributed by atoms with Crippen molar-refractivity contribution in [2.45, 2.75) is 18.4 Å². The SMILES string of the molecule is COCC1(C(=O)O)CCCN1C(=O)c1cnccc1N(C)C. The van der Waals surface area contributed by atoms with Gasteiger partial charge in [-0.05, 0) is 18.9 Å². The maximum absolute atomic E-state index is 12.9. The van der Waals surface area contributed by atoms with E-state index in [0.29, 0.717) is 30.6 Å². The first-order valence-electron chi connectivity index (χ1n) is 7.09. The van der Waals surface area contributed by atoms with Gasteiger partial charge in [-0.3, -0.25) is 9.78 Å². The van der Waals surface area contributed by atoms with E-state index in [9.17, 15) is 14.7 Å². The van der Waals surface area contributed by atoms with Crippen LogP contribution in [-0.2, 0) is 9.53 Å².